The van der Waals surface area contributed by atoms with E-state index in [9.17, 15) is 9.59 Å². The smallest absolute Gasteiger partial charge is 0.249 e. The first-order valence-corrected chi connectivity index (χ1v) is 9.59. The number of methoxy groups -OCH3 is 3. The molecule has 2 heterocycles. The van der Waals surface area contributed by atoms with Crippen LogP contribution in [-0.4, -0.2) is 42.9 Å². The minimum atomic E-state index is -0.788. The zero-order valence-electron chi connectivity index (χ0n) is 17.3. The molecule has 0 aliphatic carbocycles. The quantitative estimate of drug-likeness (QED) is 0.633. The molecule has 4 rings (SSSR count). The van der Waals surface area contributed by atoms with Crippen molar-refractivity contribution in [2.75, 3.05) is 32.0 Å². The Morgan fingerprint density at radius 2 is 1.87 bits per heavy atom. The third kappa shape index (κ3) is 4.02. The number of hydrogen-bond donors (Lipinski definition) is 2. The second-order valence-corrected chi connectivity index (χ2v) is 6.92. The van der Waals surface area contributed by atoms with Gasteiger partial charge in [0.2, 0.25) is 11.8 Å². The van der Waals surface area contributed by atoms with Gasteiger partial charge in [-0.25, -0.2) is 4.68 Å². The van der Waals surface area contributed by atoms with Gasteiger partial charge in [-0.2, -0.15) is 5.10 Å². The average Bonchev–Trinajstić information content (AvgIpc) is 3.21. The van der Waals surface area contributed by atoms with Crippen LogP contribution in [0, 0.1) is 0 Å². The molecule has 31 heavy (non-hydrogen) atoms. The SMILES string of the molecule is COc1cccc(NC(=O)[C@@H]2CC(=O)Nc3cc(-c4ccc(OC)c(OC)c4)nn32)c1. The number of ether oxygens (including phenoxy) is 3. The third-order valence-corrected chi connectivity index (χ3v) is 5.00. The summed E-state index contributed by atoms with van der Waals surface area (Å²) in [6.45, 7) is 0. The average molecular weight is 422 g/mol. The van der Waals surface area contributed by atoms with Gasteiger partial charge in [0.25, 0.3) is 0 Å². The molecule has 160 valence electrons. The van der Waals surface area contributed by atoms with E-state index in [1.807, 2.05) is 6.07 Å². The monoisotopic (exact) mass is 422 g/mol. The Morgan fingerprint density at radius 1 is 1.06 bits per heavy atom. The van der Waals surface area contributed by atoms with Crippen LogP contribution in [0.5, 0.6) is 17.2 Å². The van der Waals surface area contributed by atoms with Gasteiger partial charge in [0.15, 0.2) is 11.5 Å². The van der Waals surface area contributed by atoms with E-state index in [-0.39, 0.29) is 18.2 Å². The van der Waals surface area contributed by atoms with Gasteiger partial charge < -0.3 is 24.8 Å². The van der Waals surface area contributed by atoms with Crippen molar-refractivity contribution in [1.29, 1.82) is 0 Å². The molecule has 2 aromatic carbocycles. The number of benzene rings is 2. The Labute approximate surface area is 178 Å². The largest absolute Gasteiger partial charge is 0.497 e. The van der Waals surface area contributed by atoms with Crippen LogP contribution in [0.25, 0.3) is 11.3 Å². The zero-order chi connectivity index (χ0) is 22.0. The second kappa shape index (κ2) is 8.39. The molecule has 9 nitrogen and oxygen atoms in total. The first-order valence-electron chi connectivity index (χ1n) is 9.59. The lowest BCUT2D eigenvalue weighted by atomic mass is 10.1. The van der Waals surface area contributed by atoms with Gasteiger partial charge in [-0.05, 0) is 30.3 Å². The van der Waals surface area contributed by atoms with Crippen molar-refractivity contribution in [2.45, 2.75) is 12.5 Å². The number of carbonyl (C=O) groups excluding carboxylic acids is 2. The lowest BCUT2D eigenvalue weighted by Crippen LogP contribution is -2.35. The molecule has 3 aromatic rings. The fourth-order valence-electron chi connectivity index (χ4n) is 3.45. The first kappa shape index (κ1) is 20.3. The summed E-state index contributed by atoms with van der Waals surface area (Å²) in [5.41, 5.74) is 1.93. The van der Waals surface area contributed by atoms with E-state index in [0.29, 0.717) is 34.4 Å². The van der Waals surface area contributed by atoms with E-state index in [0.717, 1.165) is 5.56 Å². The van der Waals surface area contributed by atoms with E-state index in [2.05, 4.69) is 15.7 Å². The summed E-state index contributed by atoms with van der Waals surface area (Å²) < 4.78 is 17.4. The van der Waals surface area contributed by atoms with Crippen LogP contribution >= 0.6 is 0 Å². The molecule has 0 bridgehead atoms. The van der Waals surface area contributed by atoms with E-state index in [4.69, 9.17) is 14.2 Å². The number of aromatic nitrogens is 2. The molecule has 2 N–H and O–H groups in total. The van der Waals surface area contributed by atoms with Crippen molar-refractivity contribution in [1.82, 2.24) is 9.78 Å². The highest BCUT2D eigenvalue weighted by atomic mass is 16.5. The van der Waals surface area contributed by atoms with Gasteiger partial charge in [0, 0.05) is 23.4 Å². The molecule has 0 saturated carbocycles. The predicted molar refractivity (Wildman–Crippen MR) is 115 cm³/mol. The molecule has 9 heteroatoms. The molecular formula is C22H22N4O5. The van der Waals surface area contributed by atoms with Crippen molar-refractivity contribution < 1.29 is 23.8 Å². The number of anilines is 2. The number of nitrogens with one attached hydrogen (secondary N) is 2. The summed E-state index contributed by atoms with van der Waals surface area (Å²) in [5.74, 6) is 1.63. The molecular weight excluding hydrogens is 400 g/mol. The van der Waals surface area contributed by atoms with Crippen molar-refractivity contribution in [3.8, 4) is 28.5 Å². The Hall–Kier alpha value is -4.01. The highest BCUT2D eigenvalue weighted by Gasteiger charge is 2.32. The van der Waals surface area contributed by atoms with Crippen molar-refractivity contribution in [3.05, 3.63) is 48.5 Å². The highest BCUT2D eigenvalue weighted by molar-refractivity contribution is 6.01. The molecule has 1 aromatic heterocycles. The van der Waals surface area contributed by atoms with Crippen LogP contribution in [0.15, 0.2) is 48.5 Å². The molecule has 1 aliphatic rings. The maximum Gasteiger partial charge on any atom is 0.249 e. The Balaban J connectivity index is 1.64. The molecule has 1 aliphatic heterocycles. The van der Waals surface area contributed by atoms with E-state index in [1.165, 1.54) is 4.68 Å². The van der Waals surface area contributed by atoms with Gasteiger partial charge in [-0.1, -0.05) is 6.07 Å². The van der Waals surface area contributed by atoms with Crippen LogP contribution in [-0.2, 0) is 9.59 Å². The molecule has 0 unspecified atom stereocenters. The summed E-state index contributed by atoms with van der Waals surface area (Å²) in [4.78, 5) is 25.2. The standard InChI is InChI=1S/C22H22N4O5/c1-29-15-6-4-5-14(10-15)23-22(28)17-12-21(27)24-20-11-16(25-26(17)20)13-7-8-18(30-2)19(9-13)31-3/h4-11,17H,12H2,1-3H3,(H,23,28)(H,24,27)/t17-/m0/s1. The van der Waals surface area contributed by atoms with Crippen molar-refractivity contribution in [2.24, 2.45) is 0 Å². The van der Waals surface area contributed by atoms with Crippen molar-refractivity contribution >= 4 is 23.3 Å². The number of fused-ring (bicyclic) bond motifs is 1. The number of rotatable bonds is 6. The molecule has 0 radical (unpaired) electrons. The van der Waals surface area contributed by atoms with E-state index >= 15 is 0 Å². The number of amides is 2. The molecule has 0 spiro atoms. The van der Waals surface area contributed by atoms with Crippen molar-refractivity contribution in [3.63, 3.8) is 0 Å². The summed E-state index contributed by atoms with van der Waals surface area (Å²) in [6.07, 6.45) is -0.0180. The molecule has 2 amide bonds. The zero-order valence-corrected chi connectivity index (χ0v) is 17.3. The summed E-state index contributed by atoms with van der Waals surface area (Å²) in [6, 6.07) is 13.4. The maximum absolute atomic E-state index is 13.0. The van der Waals surface area contributed by atoms with Gasteiger partial charge in [-0.15, -0.1) is 0 Å². The Kier molecular flexibility index (Phi) is 5.48. The summed E-state index contributed by atoms with van der Waals surface area (Å²) >= 11 is 0. The number of hydrogen-bond acceptors (Lipinski definition) is 6. The van der Waals surface area contributed by atoms with Crippen LogP contribution in [0.1, 0.15) is 12.5 Å². The highest BCUT2D eigenvalue weighted by Crippen LogP contribution is 2.35. The topological polar surface area (TPSA) is 104 Å². The fourth-order valence-corrected chi connectivity index (χ4v) is 3.45. The van der Waals surface area contributed by atoms with E-state index in [1.54, 1.807) is 63.8 Å². The first-order chi connectivity index (χ1) is 15.0. The van der Waals surface area contributed by atoms with E-state index < -0.39 is 6.04 Å². The summed E-state index contributed by atoms with van der Waals surface area (Å²) in [7, 11) is 4.67. The number of nitrogens with zero attached hydrogens (tertiary/aromatic N) is 2. The second-order valence-electron chi connectivity index (χ2n) is 6.92. The molecule has 0 saturated heterocycles. The van der Waals surface area contributed by atoms with Gasteiger partial charge in [0.1, 0.15) is 17.6 Å². The minimum absolute atomic E-state index is 0.0180. The maximum atomic E-state index is 13.0. The Morgan fingerprint density at radius 3 is 2.61 bits per heavy atom. The third-order valence-electron chi connectivity index (χ3n) is 5.00. The summed E-state index contributed by atoms with van der Waals surface area (Å²) in [5, 5.41) is 10.2. The molecule has 1 atom stereocenters. The van der Waals surface area contributed by atoms with Crippen LogP contribution < -0.4 is 24.8 Å². The lowest BCUT2D eigenvalue weighted by Gasteiger charge is -2.23. The Bertz CT molecular complexity index is 1140. The van der Waals surface area contributed by atoms with Crippen LogP contribution in [0.3, 0.4) is 0 Å². The van der Waals surface area contributed by atoms with Crippen LogP contribution in [0.2, 0.25) is 0 Å². The van der Waals surface area contributed by atoms with Gasteiger partial charge >= 0.3 is 0 Å². The minimum Gasteiger partial charge on any atom is -0.497 e. The van der Waals surface area contributed by atoms with Crippen LogP contribution in [0.4, 0.5) is 11.5 Å². The predicted octanol–water partition coefficient (Wildman–Crippen LogP) is 3.10. The normalized spacial score (nSPS) is 14.9. The van der Waals surface area contributed by atoms with Gasteiger partial charge in [-0.3, -0.25) is 9.59 Å². The van der Waals surface area contributed by atoms with Gasteiger partial charge in [0.05, 0.1) is 33.4 Å². The molecule has 0 fully saturated rings. The fraction of sp³-hybridized carbons (Fsp3) is 0.227. The lowest BCUT2D eigenvalue weighted by molar-refractivity contribution is -0.125. The number of carbonyl (C=O) groups is 2.